The Morgan fingerprint density at radius 3 is 2.41 bits per heavy atom. The van der Waals surface area contributed by atoms with Crippen LogP contribution >= 0.6 is 0 Å². The van der Waals surface area contributed by atoms with E-state index in [-0.39, 0.29) is 23.7 Å². The molecule has 6 rings (SSSR count). The minimum absolute atomic E-state index is 0.0585. The fourth-order valence-electron chi connectivity index (χ4n) is 6.40. The van der Waals surface area contributed by atoms with Crippen LogP contribution in [0.1, 0.15) is 54.2 Å². The second-order valence-corrected chi connectivity index (χ2v) is 10.7. The summed E-state index contributed by atoms with van der Waals surface area (Å²) in [6.07, 6.45) is 6.34. The van der Waals surface area contributed by atoms with Gasteiger partial charge in [0.1, 0.15) is 0 Å². The quantitative estimate of drug-likeness (QED) is 0.214. The number of allylic oxidation sites excluding steroid dienone is 1. The van der Waals surface area contributed by atoms with E-state index in [2.05, 4.69) is 84.6 Å². The zero-order chi connectivity index (χ0) is 25.6. The van der Waals surface area contributed by atoms with Gasteiger partial charge < -0.3 is 4.90 Å². The third-order valence-corrected chi connectivity index (χ3v) is 8.39. The summed E-state index contributed by atoms with van der Waals surface area (Å²) in [5.41, 5.74) is 4.80. The Bertz CT molecular complexity index is 1520. The molecule has 1 aliphatic heterocycles. The Hall–Kier alpha value is -3.98. The first-order chi connectivity index (χ1) is 18.0. The minimum atomic E-state index is -0.421. The summed E-state index contributed by atoms with van der Waals surface area (Å²) in [6, 6.07) is 31.0. The molecular weight excluding hydrogens is 454 g/mol. The van der Waals surface area contributed by atoms with Crippen molar-refractivity contribution < 1.29 is 9.59 Å². The van der Waals surface area contributed by atoms with Crippen molar-refractivity contribution in [1.82, 2.24) is 4.90 Å². The maximum atomic E-state index is 14.1. The van der Waals surface area contributed by atoms with Crippen LogP contribution in [-0.4, -0.2) is 16.6 Å². The van der Waals surface area contributed by atoms with Crippen LogP contribution in [0.4, 0.5) is 0 Å². The molecule has 0 aromatic heterocycles. The summed E-state index contributed by atoms with van der Waals surface area (Å²) in [4.78, 5) is 28.2. The molecule has 4 aromatic rings. The van der Waals surface area contributed by atoms with Gasteiger partial charge in [0.2, 0.25) is 5.91 Å². The van der Waals surface area contributed by atoms with Crippen LogP contribution in [0.2, 0.25) is 0 Å². The largest absolute Gasteiger partial charge is 0.330 e. The van der Waals surface area contributed by atoms with Crippen molar-refractivity contribution in [1.29, 1.82) is 0 Å². The van der Waals surface area contributed by atoms with Crippen molar-refractivity contribution in [2.75, 3.05) is 0 Å². The Morgan fingerprint density at radius 1 is 0.919 bits per heavy atom. The summed E-state index contributed by atoms with van der Waals surface area (Å²) in [5, 5.41) is 2.33. The second kappa shape index (κ2) is 9.15. The minimum Gasteiger partial charge on any atom is -0.330 e. The third kappa shape index (κ3) is 3.90. The molecule has 3 atom stereocenters. The summed E-state index contributed by atoms with van der Waals surface area (Å²) < 4.78 is 0. The summed E-state index contributed by atoms with van der Waals surface area (Å²) in [6.45, 7) is 4.34. The number of Topliss-reactive ketones (excluding diaryl/α,β-unsaturated/α-hetero) is 1. The van der Waals surface area contributed by atoms with Gasteiger partial charge in [0, 0.05) is 18.0 Å². The van der Waals surface area contributed by atoms with Gasteiger partial charge in [-0.3, -0.25) is 9.59 Å². The standard InChI is InChI=1S/C34H31NO2/c1-23(36)25-15-17-27(18-16-25)31-28-13-7-6-12-26(28)19-20-29(31)32-30-14-8-9-21-34(30,2)33(37)35(32)22-24-10-4-3-5-11-24/h3-8,10-20,30,32H,9,21-22H2,1-2H3/t30-,32-,34+/m0/s1. The van der Waals surface area contributed by atoms with E-state index >= 15 is 0 Å². The molecule has 0 radical (unpaired) electrons. The van der Waals surface area contributed by atoms with Gasteiger partial charge in [-0.15, -0.1) is 0 Å². The maximum Gasteiger partial charge on any atom is 0.230 e. The van der Waals surface area contributed by atoms with Gasteiger partial charge in [-0.2, -0.15) is 0 Å². The van der Waals surface area contributed by atoms with E-state index in [0.717, 1.165) is 40.3 Å². The highest BCUT2D eigenvalue weighted by Crippen LogP contribution is 2.56. The first kappa shape index (κ1) is 23.4. The smallest absolute Gasteiger partial charge is 0.230 e. The molecule has 2 aliphatic rings. The molecule has 1 saturated heterocycles. The number of fused-ring (bicyclic) bond motifs is 2. The molecule has 184 valence electrons. The monoisotopic (exact) mass is 485 g/mol. The predicted octanol–water partition coefficient (Wildman–Crippen LogP) is 7.77. The maximum absolute atomic E-state index is 14.1. The first-order valence-corrected chi connectivity index (χ1v) is 13.1. The average molecular weight is 486 g/mol. The SMILES string of the molecule is CC(=O)c1ccc(-c2c([C@H]3[C@@H]4C=CCC[C@@]4(C)C(=O)N3Cc3ccccc3)ccc3ccccc23)cc1. The van der Waals surface area contributed by atoms with Crippen LogP contribution in [0.25, 0.3) is 21.9 Å². The number of nitrogens with zero attached hydrogens (tertiary/aromatic N) is 1. The van der Waals surface area contributed by atoms with Gasteiger partial charge in [0.05, 0.1) is 11.5 Å². The van der Waals surface area contributed by atoms with E-state index in [0.29, 0.717) is 12.1 Å². The van der Waals surface area contributed by atoms with E-state index in [1.54, 1.807) is 6.92 Å². The Labute approximate surface area is 218 Å². The van der Waals surface area contributed by atoms with Crippen LogP contribution in [0.3, 0.4) is 0 Å². The van der Waals surface area contributed by atoms with Gasteiger partial charge in [-0.05, 0) is 52.8 Å². The average Bonchev–Trinajstić information content (AvgIpc) is 3.14. The number of hydrogen-bond acceptors (Lipinski definition) is 2. The van der Waals surface area contributed by atoms with Crippen molar-refractivity contribution in [2.45, 2.75) is 39.3 Å². The van der Waals surface area contributed by atoms with E-state index in [1.807, 2.05) is 30.3 Å². The van der Waals surface area contributed by atoms with Crippen LogP contribution in [0, 0.1) is 11.3 Å². The van der Waals surface area contributed by atoms with Gasteiger partial charge in [-0.1, -0.05) is 110 Å². The van der Waals surface area contributed by atoms with E-state index in [1.165, 1.54) is 5.56 Å². The van der Waals surface area contributed by atoms with E-state index in [9.17, 15) is 9.59 Å². The molecule has 4 aromatic carbocycles. The van der Waals surface area contributed by atoms with Crippen LogP contribution < -0.4 is 0 Å². The van der Waals surface area contributed by atoms with Crippen molar-refractivity contribution in [3.63, 3.8) is 0 Å². The lowest BCUT2D eigenvalue weighted by Crippen LogP contribution is -2.34. The molecule has 1 fully saturated rings. The van der Waals surface area contributed by atoms with Crippen LogP contribution in [-0.2, 0) is 11.3 Å². The zero-order valence-corrected chi connectivity index (χ0v) is 21.4. The molecule has 1 heterocycles. The highest BCUT2D eigenvalue weighted by Gasteiger charge is 2.56. The van der Waals surface area contributed by atoms with Gasteiger partial charge in [-0.25, -0.2) is 0 Å². The highest BCUT2D eigenvalue weighted by atomic mass is 16.2. The van der Waals surface area contributed by atoms with Crippen LogP contribution in [0.15, 0.2) is 103 Å². The number of carbonyl (C=O) groups excluding carboxylic acids is 2. The fourth-order valence-corrected chi connectivity index (χ4v) is 6.40. The predicted molar refractivity (Wildman–Crippen MR) is 149 cm³/mol. The number of benzene rings is 4. The lowest BCUT2D eigenvalue weighted by molar-refractivity contribution is -0.137. The fraction of sp³-hybridized carbons (Fsp3) is 0.235. The highest BCUT2D eigenvalue weighted by molar-refractivity contribution is 6.00. The molecule has 0 unspecified atom stereocenters. The molecule has 1 aliphatic carbocycles. The number of amides is 1. The van der Waals surface area contributed by atoms with Gasteiger partial charge in [0.25, 0.3) is 0 Å². The molecule has 0 spiro atoms. The number of likely N-dealkylation sites (tertiary alicyclic amines) is 1. The summed E-state index contributed by atoms with van der Waals surface area (Å²) in [5.74, 6) is 0.388. The van der Waals surface area contributed by atoms with Gasteiger partial charge >= 0.3 is 0 Å². The van der Waals surface area contributed by atoms with Crippen molar-refractivity contribution in [2.24, 2.45) is 11.3 Å². The van der Waals surface area contributed by atoms with Crippen molar-refractivity contribution >= 4 is 22.5 Å². The van der Waals surface area contributed by atoms with E-state index in [4.69, 9.17) is 0 Å². The molecule has 3 nitrogen and oxygen atoms in total. The summed E-state index contributed by atoms with van der Waals surface area (Å²) >= 11 is 0. The summed E-state index contributed by atoms with van der Waals surface area (Å²) in [7, 11) is 0. The number of carbonyl (C=O) groups is 2. The van der Waals surface area contributed by atoms with E-state index < -0.39 is 5.41 Å². The number of ketones is 1. The molecular formula is C34H31NO2. The van der Waals surface area contributed by atoms with Crippen LogP contribution in [0.5, 0.6) is 0 Å². The third-order valence-electron chi connectivity index (χ3n) is 8.39. The Morgan fingerprint density at radius 2 is 1.65 bits per heavy atom. The Kier molecular flexibility index (Phi) is 5.79. The Balaban J connectivity index is 1.58. The lowest BCUT2D eigenvalue weighted by Gasteiger charge is -2.33. The van der Waals surface area contributed by atoms with Crippen molar-refractivity contribution in [3.8, 4) is 11.1 Å². The first-order valence-electron chi connectivity index (χ1n) is 13.1. The second-order valence-electron chi connectivity index (χ2n) is 10.7. The van der Waals surface area contributed by atoms with Crippen molar-refractivity contribution in [3.05, 3.63) is 120 Å². The number of rotatable bonds is 5. The van der Waals surface area contributed by atoms with Gasteiger partial charge in [0.15, 0.2) is 5.78 Å². The number of hydrogen-bond donors (Lipinski definition) is 0. The molecule has 0 saturated carbocycles. The molecule has 1 amide bonds. The molecule has 0 bridgehead atoms. The zero-order valence-electron chi connectivity index (χ0n) is 21.4. The lowest BCUT2D eigenvalue weighted by atomic mass is 9.69. The normalized spacial score (nSPS) is 22.9. The topological polar surface area (TPSA) is 37.4 Å². The molecule has 37 heavy (non-hydrogen) atoms. The molecule has 3 heteroatoms. The molecule has 0 N–H and O–H groups in total.